The van der Waals surface area contributed by atoms with E-state index in [-0.39, 0.29) is 28.6 Å². The largest absolute Gasteiger partial charge is 0.462 e. The van der Waals surface area contributed by atoms with Gasteiger partial charge in [0.15, 0.2) is 0 Å². The fourth-order valence-corrected chi connectivity index (χ4v) is 6.56. The molecule has 50 heavy (non-hydrogen) atoms. The van der Waals surface area contributed by atoms with Crippen molar-refractivity contribution in [2.75, 3.05) is 13.2 Å². The number of aromatic nitrogens is 4. The van der Waals surface area contributed by atoms with Crippen molar-refractivity contribution in [2.24, 2.45) is 5.73 Å². The fourth-order valence-electron chi connectivity index (χ4n) is 5.47. The van der Waals surface area contributed by atoms with E-state index in [2.05, 4.69) is 19.9 Å². The van der Waals surface area contributed by atoms with E-state index in [0.29, 0.717) is 56.7 Å². The van der Waals surface area contributed by atoms with Crippen LogP contribution >= 0.6 is 70.4 Å². The highest BCUT2D eigenvalue weighted by atomic mass is 35.5. The minimum Gasteiger partial charge on any atom is -0.462 e. The number of rotatable bonds is 8. The van der Waals surface area contributed by atoms with Crippen molar-refractivity contribution >= 4 is 82.4 Å². The van der Waals surface area contributed by atoms with Gasteiger partial charge < -0.3 is 15.2 Å². The van der Waals surface area contributed by atoms with Crippen molar-refractivity contribution < 1.29 is 19.1 Å². The third-order valence-electron chi connectivity index (χ3n) is 8.41. The third kappa shape index (κ3) is 10.4. The van der Waals surface area contributed by atoms with Crippen LogP contribution in [0.3, 0.4) is 0 Å². The summed E-state index contributed by atoms with van der Waals surface area (Å²) in [6, 6.07) is 11.4. The molecule has 2 aliphatic carbocycles. The topological polar surface area (TPSA) is 130 Å². The van der Waals surface area contributed by atoms with Gasteiger partial charge in [0.25, 0.3) is 0 Å². The van der Waals surface area contributed by atoms with Gasteiger partial charge in [-0.2, -0.15) is 0 Å². The molecule has 2 aliphatic rings. The van der Waals surface area contributed by atoms with E-state index in [0.717, 1.165) is 43.2 Å². The Morgan fingerprint density at radius 2 is 1.14 bits per heavy atom. The monoisotopic (exact) mass is 801 g/mol. The van der Waals surface area contributed by atoms with Crippen molar-refractivity contribution in [1.29, 1.82) is 0 Å². The zero-order valence-electron chi connectivity index (χ0n) is 27.4. The Labute approximate surface area is 323 Å². The molecule has 2 aromatic heterocycles. The van der Waals surface area contributed by atoms with Crippen LogP contribution in [-0.2, 0) is 26.8 Å². The van der Waals surface area contributed by atoms with Gasteiger partial charge in [-0.15, -0.1) is 12.4 Å². The van der Waals surface area contributed by atoms with Crippen LogP contribution < -0.4 is 5.73 Å². The molecule has 15 heteroatoms. The molecule has 9 nitrogen and oxygen atoms in total. The summed E-state index contributed by atoms with van der Waals surface area (Å²) in [5.41, 5.74) is 8.58. The van der Waals surface area contributed by atoms with Crippen LogP contribution in [0.2, 0.25) is 25.4 Å². The number of nitrogens with two attached hydrogens (primary N) is 1. The second-order valence-electron chi connectivity index (χ2n) is 11.6. The third-order valence-corrected chi connectivity index (χ3v) is 10.2. The summed E-state index contributed by atoms with van der Waals surface area (Å²) in [7, 11) is 0. The molecule has 0 unspecified atom stereocenters. The van der Waals surface area contributed by atoms with Gasteiger partial charge in [-0.1, -0.05) is 77.1 Å². The Bertz CT molecular complexity index is 1740. The van der Waals surface area contributed by atoms with Crippen molar-refractivity contribution in [3.63, 3.8) is 0 Å². The predicted molar refractivity (Wildman–Crippen MR) is 200 cm³/mol. The molecule has 2 fully saturated rings. The average molecular weight is 804 g/mol. The molecular weight excluding hydrogens is 767 g/mol. The zero-order chi connectivity index (χ0) is 35.6. The van der Waals surface area contributed by atoms with E-state index in [1.807, 2.05) is 24.3 Å². The first-order chi connectivity index (χ1) is 23.4. The Hall–Kier alpha value is -2.76. The average Bonchev–Trinajstić information content (AvgIpc) is 3.06. The number of nitrogens with zero attached hydrogens (tertiary/aromatic N) is 4. The minimum atomic E-state index is -0.436. The number of benzene rings is 2. The lowest BCUT2D eigenvalue weighted by atomic mass is 9.62. The van der Waals surface area contributed by atoms with Crippen LogP contribution in [0.1, 0.15) is 90.0 Å². The van der Waals surface area contributed by atoms with Crippen LogP contribution in [0.15, 0.2) is 61.2 Å². The standard InChI is InChI=1S/C18H18Cl2N2O2.C10H11Cl2N.C7H7ClN2O2.ClH/c1-2-24-17(23)12-10-21-15(22-11-12)9-18(7-4-8-18)13-5-3-6-14(19)16(13)20;11-8-4-1-3-7(9(8)12)10(13)5-2-6-10;1-2-12-6(11)5-3-9-7(8)10-4-5;/h3,5-6,10-11H,2,4,7-9H2,1H3;1,3-4H,2,5-6,13H2;3-4H,2H2,1H3;1H. The number of hydrogen-bond donors (Lipinski definition) is 1. The Balaban J connectivity index is 0.000000220. The van der Waals surface area contributed by atoms with Gasteiger partial charge in [0.05, 0.1) is 44.4 Å². The number of carbonyl (C=O) groups excluding carboxylic acids is 2. The maximum atomic E-state index is 11.7. The number of halogens is 6. The van der Waals surface area contributed by atoms with E-state index in [9.17, 15) is 9.59 Å². The van der Waals surface area contributed by atoms with E-state index < -0.39 is 11.9 Å². The highest BCUT2D eigenvalue weighted by Gasteiger charge is 2.41. The molecule has 0 atom stereocenters. The summed E-state index contributed by atoms with van der Waals surface area (Å²) in [6.07, 6.45) is 12.8. The summed E-state index contributed by atoms with van der Waals surface area (Å²) in [5.74, 6) is -0.145. The van der Waals surface area contributed by atoms with Crippen LogP contribution in [0.5, 0.6) is 0 Å². The summed E-state index contributed by atoms with van der Waals surface area (Å²) < 4.78 is 9.65. The molecule has 6 rings (SSSR count). The highest BCUT2D eigenvalue weighted by Crippen LogP contribution is 2.49. The summed E-state index contributed by atoms with van der Waals surface area (Å²) in [4.78, 5) is 38.6. The molecule has 0 amide bonds. The highest BCUT2D eigenvalue weighted by molar-refractivity contribution is 6.43. The maximum absolute atomic E-state index is 11.7. The normalized spacial score (nSPS) is 14.9. The lowest BCUT2D eigenvalue weighted by Crippen LogP contribution is -2.43. The van der Waals surface area contributed by atoms with Gasteiger partial charge in [0.2, 0.25) is 5.28 Å². The maximum Gasteiger partial charge on any atom is 0.341 e. The van der Waals surface area contributed by atoms with Gasteiger partial charge >= 0.3 is 11.9 Å². The molecule has 0 radical (unpaired) electrons. The Kier molecular flexibility index (Phi) is 16.0. The van der Waals surface area contributed by atoms with Crippen LogP contribution in [0.4, 0.5) is 0 Å². The van der Waals surface area contributed by atoms with Crippen LogP contribution in [-0.4, -0.2) is 45.1 Å². The molecular formula is C35H37Cl6N5O4. The molecule has 2 N–H and O–H groups in total. The Morgan fingerprint density at radius 1 is 0.700 bits per heavy atom. The van der Waals surface area contributed by atoms with E-state index >= 15 is 0 Å². The van der Waals surface area contributed by atoms with Gasteiger partial charge in [0, 0.05) is 42.2 Å². The van der Waals surface area contributed by atoms with Crippen molar-refractivity contribution in [2.45, 2.75) is 69.7 Å². The van der Waals surface area contributed by atoms with Crippen LogP contribution in [0, 0.1) is 0 Å². The quantitative estimate of drug-likeness (QED) is 0.137. The van der Waals surface area contributed by atoms with Gasteiger partial charge in [-0.3, -0.25) is 0 Å². The predicted octanol–water partition coefficient (Wildman–Crippen LogP) is 9.68. The molecule has 268 valence electrons. The number of esters is 2. The Morgan fingerprint density at radius 3 is 1.56 bits per heavy atom. The first kappa shape index (κ1) is 41.7. The summed E-state index contributed by atoms with van der Waals surface area (Å²) in [6.45, 7) is 4.16. The fraction of sp³-hybridized carbons (Fsp3) is 0.371. The van der Waals surface area contributed by atoms with Gasteiger partial charge in [-0.25, -0.2) is 29.5 Å². The lowest BCUT2D eigenvalue weighted by molar-refractivity contribution is 0.0515. The van der Waals surface area contributed by atoms with Crippen molar-refractivity contribution in [3.05, 3.63) is 115 Å². The first-order valence-corrected chi connectivity index (χ1v) is 17.6. The minimum absolute atomic E-state index is 0. The second-order valence-corrected chi connectivity index (χ2v) is 13.5. The number of hydrogen-bond acceptors (Lipinski definition) is 9. The zero-order valence-corrected chi connectivity index (χ0v) is 32.0. The van der Waals surface area contributed by atoms with Crippen LogP contribution in [0.25, 0.3) is 0 Å². The summed E-state index contributed by atoms with van der Waals surface area (Å²) in [5, 5.41) is 2.51. The van der Waals surface area contributed by atoms with Gasteiger partial charge in [-0.05, 0) is 80.8 Å². The van der Waals surface area contributed by atoms with E-state index in [4.69, 9.17) is 73.2 Å². The van der Waals surface area contributed by atoms with Crippen molar-refractivity contribution in [3.8, 4) is 0 Å². The van der Waals surface area contributed by atoms with E-state index in [1.165, 1.54) is 31.2 Å². The molecule has 4 aromatic rings. The SMILES string of the molecule is CCOC(=O)c1cnc(CC2(c3cccc(Cl)c3Cl)CCC2)nc1.CCOC(=O)c1cnc(Cl)nc1.Cl.NC1(c2cccc(Cl)c2Cl)CCC1. The molecule has 2 saturated carbocycles. The second kappa shape index (κ2) is 19.2. The van der Waals surface area contributed by atoms with Crippen molar-refractivity contribution in [1.82, 2.24) is 19.9 Å². The van der Waals surface area contributed by atoms with Gasteiger partial charge in [0.1, 0.15) is 5.82 Å². The molecule has 2 aromatic carbocycles. The smallest absolute Gasteiger partial charge is 0.341 e. The lowest BCUT2D eigenvalue weighted by Gasteiger charge is -2.42. The van der Waals surface area contributed by atoms with E-state index in [1.54, 1.807) is 26.0 Å². The molecule has 0 spiro atoms. The molecule has 0 aliphatic heterocycles. The molecule has 2 heterocycles. The number of ether oxygens (including phenoxy) is 2. The number of carbonyl (C=O) groups is 2. The molecule has 0 saturated heterocycles. The first-order valence-electron chi connectivity index (χ1n) is 15.7. The summed E-state index contributed by atoms with van der Waals surface area (Å²) >= 11 is 30.0. The molecule has 0 bridgehead atoms.